The molecule has 2 aromatic rings. The molecule has 3 heteroatoms. The molecule has 0 atom stereocenters. The summed E-state index contributed by atoms with van der Waals surface area (Å²) in [5.41, 5.74) is 4.74. The van der Waals surface area contributed by atoms with Gasteiger partial charge in [-0.1, -0.05) is 42.0 Å². The number of nitrogens with zero attached hydrogens (tertiary/aromatic N) is 3. The molecule has 0 saturated carbocycles. The van der Waals surface area contributed by atoms with Crippen LogP contribution in [-0.4, -0.2) is 15.0 Å². The minimum Gasteiger partial charge on any atom is -0.213 e. The lowest BCUT2D eigenvalue weighted by Crippen LogP contribution is -2.04. The maximum absolute atomic E-state index is 4.71. The van der Waals surface area contributed by atoms with Crippen LogP contribution in [0, 0.1) is 13.8 Å². The van der Waals surface area contributed by atoms with E-state index in [0.29, 0.717) is 0 Å². The quantitative estimate of drug-likeness (QED) is 0.822. The Balaban J connectivity index is 2.14. The molecule has 21 heavy (non-hydrogen) atoms. The van der Waals surface area contributed by atoms with Crippen LogP contribution in [0.2, 0.25) is 0 Å². The Morgan fingerprint density at radius 2 is 1.67 bits per heavy atom. The monoisotopic (exact) mass is 277 g/mol. The Bertz CT molecular complexity index is 742. The number of allylic oxidation sites excluding steroid dienone is 4. The summed E-state index contributed by atoms with van der Waals surface area (Å²) in [5.74, 6) is 2.31. The van der Waals surface area contributed by atoms with Crippen LogP contribution < -0.4 is 0 Å². The smallest absolute Gasteiger partial charge is 0.163 e. The number of aromatic nitrogens is 3. The van der Waals surface area contributed by atoms with E-state index in [0.717, 1.165) is 41.5 Å². The molecule has 1 aromatic heterocycles. The third kappa shape index (κ3) is 2.77. The second-order valence-electron chi connectivity index (χ2n) is 5.48. The van der Waals surface area contributed by atoms with Crippen LogP contribution in [0.3, 0.4) is 0 Å². The lowest BCUT2D eigenvalue weighted by atomic mass is 9.98. The summed E-state index contributed by atoms with van der Waals surface area (Å²) in [6.45, 7) is 6.17. The Morgan fingerprint density at radius 3 is 2.43 bits per heavy atom. The molecule has 0 amide bonds. The largest absolute Gasteiger partial charge is 0.213 e. The first-order valence-corrected chi connectivity index (χ1v) is 7.30. The van der Waals surface area contributed by atoms with Gasteiger partial charge in [-0.15, -0.1) is 0 Å². The molecule has 3 nitrogen and oxygen atoms in total. The van der Waals surface area contributed by atoms with Gasteiger partial charge in [-0.3, -0.25) is 0 Å². The van der Waals surface area contributed by atoms with Crippen molar-refractivity contribution in [2.45, 2.75) is 33.6 Å². The van der Waals surface area contributed by atoms with Gasteiger partial charge < -0.3 is 0 Å². The highest BCUT2D eigenvalue weighted by Crippen LogP contribution is 2.27. The molecule has 1 heterocycles. The van der Waals surface area contributed by atoms with Crippen LogP contribution in [0.1, 0.15) is 37.0 Å². The molecule has 0 aliphatic heterocycles. The van der Waals surface area contributed by atoms with Gasteiger partial charge in [-0.2, -0.15) is 0 Å². The number of aryl methyl sites for hydroxylation is 2. The fourth-order valence-electron chi connectivity index (χ4n) is 2.59. The molecule has 0 N–H and O–H groups in total. The number of benzene rings is 1. The van der Waals surface area contributed by atoms with Crippen LogP contribution in [-0.2, 0) is 0 Å². The van der Waals surface area contributed by atoms with Crippen molar-refractivity contribution in [2.24, 2.45) is 0 Å². The zero-order chi connectivity index (χ0) is 14.8. The van der Waals surface area contributed by atoms with E-state index in [2.05, 4.69) is 48.1 Å². The van der Waals surface area contributed by atoms with E-state index >= 15 is 0 Å². The fourth-order valence-corrected chi connectivity index (χ4v) is 2.59. The Labute approximate surface area is 125 Å². The van der Waals surface area contributed by atoms with Gasteiger partial charge in [-0.25, -0.2) is 15.0 Å². The van der Waals surface area contributed by atoms with Gasteiger partial charge >= 0.3 is 0 Å². The van der Waals surface area contributed by atoms with Gasteiger partial charge in [0, 0.05) is 11.1 Å². The third-order valence-corrected chi connectivity index (χ3v) is 3.80. The van der Waals surface area contributed by atoms with E-state index in [9.17, 15) is 0 Å². The van der Waals surface area contributed by atoms with E-state index in [1.165, 1.54) is 11.1 Å². The van der Waals surface area contributed by atoms with Crippen LogP contribution in [0.25, 0.3) is 17.0 Å². The van der Waals surface area contributed by atoms with Crippen molar-refractivity contribution in [1.82, 2.24) is 15.0 Å². The van der Waals surface area contributed by atoms with E-state index < -0.39 is 0 Å². The maximum atomic E-state index is 4.71. The molecule has 1 aromatic carbocycles. The summed E-state index contributed by atoms with van der Waals surface area (Å²) in [7, 11) is 0. The summed E-state index contributed by atoms with van der Waals surface area (Å²) >= 11 is 0. The van der Waals surface area contributed by atoms with Crippen LogP contribution >= 0.6 is 0 Å². The molecule has 0 spiro atoms. The molecular formula is C18H19N3. The molecule has 0 saturated heterocycles. The van der Waals surface area contributed by atoms with Gasteiger partial charge in [0.1, 0.15) is 5.82 Å². The van der Waals surface area contributed by atoms with Gasteiger partial charge in [0.15, 0.2) is 11.6 Å². The Kier molecular flexibility index (Phi) is 3.65. The predicted octanol–water partition coefficient (Wildman–Crippen LogP) is 4.28. The molecule has 0 fully saturated rings. The number of hydrogen-bond donors (Lipinski definition) is 0. The average molecular weight is 277 g/mol. The van der Waals surface area contributed by atoms with Crippen molar-refractivity contribution < 1.29 is 0 Å². The predicted molar refractivity (Wildman–Crippen MR) is 85.7 cm³/mol. The Morgan fingerprint density at radius 1 is 0.905 bits per heavy atom. The molecule has 1 aliphatic carbocycles. The van der Waals surface area contributed by atoms with Crippen molar-refractivity contribution in [3.63, 3.8) is 0 Å². The number of rotatable bonds is 2. The van der Waals surface area contributed by atoms with Crippen molar-refractivity contribution in [3.8, 4) is 11.4 Å². The molecule has 1 aliphatic rings. The van der Waals surface area contributed by atoms with E-state index in [4.69, 9.17) is 4.98 Å². The van der Waals surface area contributed by atoms with Gasteiger partial charge in [0.05, 0.1) is 0 Å². The lowest BCUT2D eigenvalue weighted by molar-refractivity contribution is 0.930. The second kappa shape index (κ2) is 5.60. The summed E-state index contributed by atoms with van der Waals surface area (Å²) in [5, 5.41) is 0. The third-order valence-electron chi connectivity index (χ3n) is 3.80. The SMILES string of the molecule is CC1=C(c2nc(C)nc(-c3ccccc3C)n2)C=CCC1. The summed E-state index contributed by atoms with van der Waals surface area (Å²) < 4.78 is 0. The van der Waals surface area contributed by atoms with Crippen LogP contribution in [0.4, 0.5) is 0 Å². The minimum atomic E-state index is 0.759. The Hall–Kier alpha value is -2.29. The average Bonchev–Trinajstić information content (AvgIpc) is 2.47. The first kappa shape index (κ1) is 13.7. The van der Waals surface area contributed by atoms with Crippen molar-refractivity contribution in [1.29, 1.82) is 0 Å². The van der Waals surface area contributed by atoms with Gasteiger partial charge in [0.25, 0.3) is 0 Å². The molecular weight excluding hydrogens is 258 g/mol. The van der Waals surface area contributed by atoms with E-state index in [1.807, 2.05) is 19.1 Å². The highest BCUT2D eigenvalue weighted by molar-refractivity contribution is 5.74. The first-order chi connectivity index (χ1) is 10.1. The van der Waals surface area contributed by atoms with Crippen LogP contribution in [0.5, 0.6) is 0 Å². The van der Waals surface area contributed by atoms with Crippen molar-refractivity contribution in [3.05, 3.63) is 59.2 Å². The van der Waals surface area contributed by atoms with E-state index in [1.54, 1.807) is 0 Å². The topological polar surface area (TPSA) is 38.7 Å². The van der Waals surface area contributed by atoms with Crippen molar-refractivity contribution in [2.75, 3.05) is 0 Å². The fraction of sp³-hybridized carbons (Fsp3) is 0.278. The molecule has 0 bridgehead atoms. The first-order valence-electron chi connectivity index (χ1n) is 7.30. The van der Waals surface area contributed by atoms with Crippen molar-refractivity contribution >= 4 is 5.57 Å². The normalized spacial score (nSPS) is 14.6. The minimum absolute atomic E-state index is 0.759. The maximum Gasteiger partial charge on any atom is 0.163 e. The molecule has 0 unspecified atom stereocenters. The van der Waals surface area contributed by atoms with Gasteiger partial charge in [-0.05, 0) is 39.2 Å². The van der Waals surface area contributed by atoms with E-state index in [-0.39, 0.29) is 0 Å². The standard InChI is InChI=1S/C18H19N3/c1-12-8-4-6-10-15(12)17-19-14(3)20-18(21-17)16-11-7-5-9-13(16)2/h4,6-8,10-11H,5,9H2,1-3H3. The number of hydrogen-bond acceptors (Lipinski definition) is 3. The zero-order valence-electron chi connectivity index (χ0n) is 12.7. The highest BCUT2D eigenvalue weighted by atomic mass is 15.0. The molecule has 0 radical (unpaired) electrons. The summed E-state index contributed by atoms with van der Waals surface area (Å²) in [6.07, 6.45) is 6.50. The summed E-state index contributed by atoms with van der Waals surface area (Å²) in [6, 6.07) is 8.20. The molecule has 106 valence electrons. The zero-order valence-corrected chi connectivity index (χ0v) is 12.7. The van der Waals surface area contributed by atoms with Crippen LogP contribution in [0.15, 0.2) is 42.0 Å². The summed E-state index contributed by atoms with van der Waals surface area (Å²) in [4.78, 5) is 13.8. The second-order valence-corrected chi connectivity index (χ2v) is 5.48. The van der Waals surface area contributed by atoms with Gasteiger partial charge in [0.2, 0.25) is 0 Å². The lowest BCUT2D eigenvalue weighted by Gasteiger charge is -2.13. The molecule has 3 rings (SSSR count). The highest BCUT2D eigenvalue weighted by Gasteiger charge is 2.13.